The number of carbonyl (C=O) groups is 5. The number of ether oxygens (including phenoxy) is 3. The normalized spacial score (nSPS) is 15.7. The maximum Gasteiger partial charge on any atom is 0.411 e. The largest absolute Gasteiger partial charge is 0.496 e. The van der Waals surface area contributed by atoms with Gasteiger partial charge in [0.2, 0.25) is 5.91 Å². The first-order valence-electron chi connectivity index (χ1n) is 20.2. The number of carbonyl (C=O) groups excluding carboxylic acids is 5. The molecule has 4 N–H and O–H groups in total. The monoisotopic (exact) mass is 867 g/mol. The second-order valence-electron chi connectivity index (χ2n) is 15.1. The average molecular weight is 868 g/mol. The molecular weight excluding hydrogens is 822 g/mol. The highest BCUT2D eigenvalue weighted by atomic mass is 35.5. The topological polar surface area (TPSA) is 164 Å². The number of nitrogens with zero attached hydrogens (tertiary/aromatic N) is 1. The molecule has 3 amide bonds. The minimum absolute atomic E-state index is 0. The molecular formula is C49H46ClN5O8. The van der Waals surface area contributed by atoms with Gasteiger partial charge in [-0.1, -0.05) is 78.9 Å². The first-order chi connectivity index (χ1) is 30.1. The number of rotatable bonds is 12. The Morgan fingerprint density at radius 2 is 1.41 bits per heavy atom. The molecule has 0 spiro atoms. The summed E-state index contributed by atoms with van der Waals surface area (Å²) >= 11 is 0. The summed E-state index contributed by atoms with van der Waals surface area (Å²) in [6.07, 6.45) is -1.97. The Balaban J connectivity index is 0.00000595. The van der Waals surface area contributed by atoms with Gasteiger partial charge in [-0.2, -0.15) is 0 Å². The van der Waals surface area contributed by atoms with Crippen LogP contribution in [0.2, 0.25) is 0 Å². The lowest BCUT2D eigenvalue weighted by Crippen LogP contribution is -2.58. The Kier molecular flexibility index (Phi) is 13.2. The van der Waals surface area contributed by atoms with E-state index in [9.17, 15) is 24.0 Å². The number of nitrogens with one attached hydrogen (secondary N) is 4. The number of ketones is 1. The van der Waals surface area contributed by atoms with Crippen molar-refractivity contribution in [3.05, 3.63) is 161 Å². The molecule has 0 saturated carbocycles. The lowest BCUT2D eigenvalue weighted by atomic mass is 9.95. The number of likely N-dealkylation sites (N-methyl/N-ethyl adjacent to an activating group) is 1. The van der Waals surface area contributed by atoms with Crippen molar-refractivity contribution >= 4 is 64.2 Å². The number of halogens is 1. The van der Waals surface area contributed by atoms with Crippen LogP contribution in [-0.2, 0) is 25.6 Å². The third kappa shape index (κ3) is 8.71. The third-order valence-corrected chi connectivity index (χ3v) is 11.6. The van der Waals surface area contributed by atoms with Crippen LogP contribution in [0.1, 0.15) is 61.9 Å². The number of Topliss-reactive ketones (excluding diaryl/α,β-unsaturated/α-hetero) is 1. The molecule has 1 aliphatic heterocycles. The maximum absolute atomic E-state index is 14.8. The second-order valence-corrected chi connectivity index (χ2v) is 15.1. The number of hydrogen-bond acceptors (Lipinski definition) is 10. The molecule has 1 aliphatic carbocycles. The number of para-hydroxylation sites is 1. The molecule has 6 aromatic rings. The van der Waals surface area contributed by atoms with Gasteiger partial charge in [0.25, 0.3) is 5.91 Å². The van der Waals surface area contributed by atoms with Crippen LogP contribution in [0.3, 0.4) is 0 Å². The minimum Gasteiger partial charge on any atom is -0.496 e. The Labute approximate surface area is 370 Å². The molecule has 0 radical (unpaired) electrons. The van der Waals surface area contributed by atoms with Gasteiger partial charge in [0.15, 0.2) is 11.9 Å². The van der Waals surface area contributed by atoms with Crippen LogP contribution in [0.4, 0.5) is 16.2 Å². The van der Waals surface area contributed by atoms with Crippen LogP contribution < -0.4 is 30.9 Å². The molecule has 0 aromatic heterocycles. The summed E-state index contributed by atoms with van der Waals surface area (Å²) in [5.74, 6) is -1.45. The van der Waals surface area contributed by atoms with Gasteiger partial charge in [0, 0.05) is 34.0 Å². The number of hydrogen-bond donors (Lipinski definition) is 4. The molecule has 0 saturated heterocycles. The molecule has 6 aromatic carbocycles. The Morgan fingerprint density at radius 1 is 0.778 bits per heavy atom. The van der Waals surface area contributed by atoms with Crippen molar-refractivity contribution in [2.24, 2.45) is 0 Å². The molecule has 2 aliphatic rings. The SMILES string of the molecule is CN[C@@H](C)C(=O)N[C@@H]1NC(C(=O)c2ccc(NC(=O)OCC3c4ccccc4-c4ccccc43)cc2)c2ccccc2N(Cc2c(OC)ccc3cc(C(=O)OC)ccc23)C1=O.Cl. The molecule has 1 unspecified atom stereocenters. The molecule has 14 heteroatoms. The van der Waals surface area contributed by atoms with E-state index in [1.54, 1.807) is 86.8 Å². The highest BCUT2D eigenvalue weighted by Crippen LogP contribution is 2.44. The van der Waals surface area contributed by atoms with E-state index in [4.69, 9.17) is 14.2 Å². The molecule has 322 valence electrons. The zero-order chi connectivity index (χ0) is 43.5. The van der Waals surface area contributed by atoms with Gasteiger partial charge in [-0.3, -0.25) is 25.0 Å². The van der Waals surface area contributed by atoms with Gasteiger partial charge < -0.3 is 29.7 Å². The molecule has 8 rings (SSSR count). The number of amides is 3. The number of methoxy groups -OCH3 is 2. The van der Waals surface area contributed by atoms with Gasteiger partial charge in [-0.05, 0) is 95.5 Å². The summed E-state index contributed by atoms with van der Waals surface area (Å²) in [4.78, 5) is 69.7. The van der Waals surface area contributed by atoms with E-state index >= 15 is 0 Å². The van der Waals surface area contributed by atoms with E-state index in [1.165, 1.54) is 19.1 Å². The van der Waals surface area contributed by atoms with E-state index in [0.717, 1.165) is 33.0 Å². The van der Waals surface area contributed by atoms with Gasteiger partial charge in [0.1, 0.15) is 18.4 Å². The average Bonchev–Trinajstić information content (AvgIpc) is 3.57. The van der Waals surface area contributed by atoms with Crippen LogP contribution in [0.25, 0.3) is 21.9 Å². The van der Waals surface area contributed by atoms with Crippen molar-refractivity contribution in [3.63, 3.8) is 0 Å². The smallest absolute Gasteiger partial charge is 0.411 e. The quantitative estimate of drug-likeness (QED) is 0.0714. The molecule has 0 bridgehead atoms. The first kappa shape index (κ1) is 44.0. The third-order valence-electron chi connectivity index (χ3n) is 11.6. The van der Waals surface area contributed by atoms with E-state index in [1.807, 2.05) is 30.3 Å². The maximum atomic E-state index is 14.8. The Bertz CT molecular complexity index is 2680. The van der Waals surface area contributed by atoms with Crippen LogP contribution in [0, 0.1) is 0 Å². The van der Waals surface area contributed by atoms with Crippen molar-refractivity contribution in [1.29, 1.82) is 0 Å². The first-order valence-corrected chi connectivity index (χ1v) is 20.2. The van der Waals surface area contributed by atoms with Crippen LogP contribution in [0.5, 0.6) is 5.75 Å². The predicted molar refractivity (Wildman–Crippen MR) is 243 cm³/mol. The predicted octanol–water partition coefficient (Wildman–Crippen LogP) is 7.53. The minimum atomic E-state index is -1.33. The number of anilines is 2. The fourth-order valence-electron chi connectivity index (χ4n) is 8.23. The summed E-state index contributed by atoms with van der Waals surface area (Å²) in [7, 11) is 4.48. The van der Waals surface area contributed by atoms with Crippen LogP contribution in [-0.4, -0.2) is 69.7 Å². The van der Waals surface area contributed by atoms with Crippen molar-refractivity contribution < 1.29 is 38.2 Å². The molecule has 1 heterocycles. The molecule has 3 atom stereocenters. The summed E-state index contributed by atoms with van der Waals surface area (Å²) in [6.45, 7) is 1.79. The summed E-state index contributed by atoms with van der Waals surface area (Å²) < 4.78 is 16.4. The number of esters is 1. The standard InChI is InChI=1S/C49H45N5O8.ClH/c1-28(50-2)46(56)53-45-47(57)54(26-39-33-23-19-31(48(58)61-4)25-30(33)20-24-42(39)60-3)41-16-10-9-15-38(41)43(52-45)44(55)29-17-21-32(22-18-29)51-49(59)62-27-40-36-13-7-5-11-34(36)35-12-6-8-14-37(35)40;/h5-25,28,40,43,45,50,52H,26-27H2,1-4H3,(H,51,59)(H,53,56);1H/t28-,43?,45-;/m0./s1. The van der Waals surface area contributed by atoms with Crippen LogP contribution in [0.15, 0.2) is 127 Å². The highest BCUT2D eigenvalue weighted by molar-refractivity contribution is 6.07. The van der Waals surface area contributed by atoms with Crippen molar-refractivity contribution in [1.82, 2.24) is 16.0 Å². The van der Waals surface area contributed by atoms with E-state index in [2.05, 4.69) is 45.5 Å². The van der Waals surface area contributed by atoms with Gasteiger partial charge in [-0.25, -0.2) is 9.59 Å². The van der Waals surface area contributed by atoms with Crippen molar-refractivity contribution in [3.8, 4) is 16.9 Å². The van der Waals surface area contributed by atoms with Crippen molar-refractivity contribution in [2.45, 2.75) is 37.6 Å². The van der Waals surface area contributed by atoms with Crippen molar-refractivity contribution in [2.75, 3.05) is 38.1 Å². The molecule has 63 heavy (non-hydrogen) atoms. The molecule has 0 fully saturated rings. The Hall–Kier alpha value is -7.06. The van der Waals surface area contributed by atoms with E-state index < -0.39 is 42.1 Å². The van der Waals surface area contributed by atoms with E-state index in [0.29, 0.717) is 39.4 Å². The molecule has 13 nitrogen and oxygen atoms in total. The summed E-state index contributed by atoms with van der Waals surface area (Å²) in [5, 5.41) is 13.1. The fourth-order valence-corrected chi connectivity index (χ4v) is 8.23. The number of benzene rings is 6. The zero-order valence-corrected chi connectivity index (χ0v) is 35.8. The number of fused-ring (bicyclic) bond motifs is 5. The highest BCUT2D eigenvalue weighted by Gasteiger charge is 2.39. The second kappa shape index (κ2) is 18.9. The van der Waals surface area contributed by atoms with Gasteiger partial charge in [0.05, 0.1) is 32.4 Å². The fraction of sp³-hybridized carbons (Fsp3) is 0.204. The lowest BCUT2D eigenvalue weighted by molar-refractivity contribution is -0.129. The van der Waals surface area contributed by atoms with Gasteiger partial charge >= 0.3 is 12.1 Å². The van der Waals surface area contributed by atoms with Crippen LogP contribution >= 0.6 is 12.4 Å². The summed E-state index contributed by atoms with van der Waals surface area (Å²) in [5.41, 5.74) is 7.12. The lowest BCUT2D eigenvalue weighted by Gasteiger charge is -2.28. The Morgan fingerprint density at radius 3 is 2.06 bits per heavy atom. The zero-order valence-electron chi connectivity index (χ0n) is 35.0. The van der Waals surface area contributed by atoms with Gasteiger partial charge in [-0.15, -0.1) is 12.4 Å². The summed E-state index contributed by atoms with van der Waals surface area (Å²) in [6, 6.07) is 36.6. The van der Waals surface area contributed by atoms with E-state index in [-0.39, 0.29) is 37.3 Å².